The first kappa shape index (κ1) is 20.2. The number of aryl methyl sites for hydroxylation is 2. The summed E-state index contributed by atoms with van der Waals surface area (Å²) in [4.78, 5) is 25.1. The summed E-state index contributed by atoms with van der Waals surface area (Å²) >= 11 is 0. The van der Waals surface area contributed by atoms with Gasteiger partial charge in [-0.1, -0.05) is 17.7 Å². The van der Waals surface area contributed by atoms with Gasteiger partial charge in [0.25, 0.3) is 0 Å². The highest BCUT2D eigenvalue weighted by Gasteiger charge is 2.28. The van der Waals surface area contributed by atoms with Gasteiger partial charge in [-0.25, -0.2) is 17.9 Å². The molecule has 0 radical (unpaired) electrons. The van der Waals surface area contributed by atoms with Crippen molar-refractivity contribution in [1.82, 2.24) is 4.72 Å². The molecule has 0 bridgehead atoms. The third kappa shape index (κ3) is 4.66. The van der Waals surface area contributed by atoms with Crippen LogP contribution in [0.3, 0.4) is 0 Å². The van der Waals surface area contributed by atoms with Gasteiger partial charge in [-0.05, 0) is 69.5 Å². The Balaban J connectivity index is 1.68. The Labute approximate surface area is 165 Å². The lowest BCUT2D eigenvalue weighted by atomic mass is 9.99. The Morgan fingerprint density at radius 3 is 2.32 bits per heavy atom. The number of nitrogens with one attached hydrogen (secondary N) is 1. The highest BCUT2D eigenvalue weighted by molar-refractivity contribution is 7.89. The Morgan fingerprint density at radius 2 is 1.71 bits per heavy atom. The molecule has 1 saturated carbocycles. The maximum absolute atomic E-state index is 12.6. The topological polar surface area (TPSA) is 89.5 Å². The summed E-state index contributed by atoms with van der Waals surface area (Å²) in [5, 5.41) is 0. The summed E-state index contributed by atoms with van der Waals surface area (Å²) in [7, 11) is -3.58. The van der Waals surface area contributed by atoms with Gasteiger partial charge in [-0.2, -0.15) is 0 Å². The molecule has 0 spiro atoms. The van der Waals surface area contributed by atoms with Crippen molar-refractivity contribution >= 4 is 21.8 Å². The maximum atomic E-state index is 12.6. The molecule has 148 valence electrons. The number of benzene rings is 2. The zero-order chi connectivity index (χ0) is 20.5. The van der Waals surface area contributed by atoms with Crippen LogP contribution in [0.1, 0.15) is 51.6 Å². The van der Waals surface area contributed by atoms with Crippen LogP contribution in [0.15, 0.2) is 47.4 Å². The predicted octanol–water partition coefficient (Wildman–Crippen LogP) is 3.17. The zero-order valence-corrected chi connectivity index (χ0v) is 16.9. The van der Waals surface area contributed by atoms with Crippen LogP contribution in [0.4, 0.5) is 0 Å². The second-order valence-corrected chi connectivity index (χ2v) is 8.86. The van der Waals surface area contributed by atoms with E-state index in [0.717, 1.165) is 24.0 Å². The van der Waals surface area contributed by atoms with E-state index in [1.165, 1.54) is 31.2 Å². The molecule has 1 atom stereocenters. The smallest absolute Gasteiger partial charge is 0.338 e. The van der Waals surface area contributed by atoms with Crippen LogP contribution < -0.4 is 4.72 Å². The van der Waals surface area contributed by atoms with Gasteiger partial charge in [-0.15, -0.1) is 0 Å². The van der Waals surface area contributed by atoms with Gasteiger partial charge < -0.3 is 4.74 Å². The number of ether oxygens (including phenoxy) is 1. The number of hydrogen-bond acceptors (Lipinski definition) is 5. The second kappa shape index (κ2) is 7.85. The summed E-state index contributed by atoms with van der Waals surface area (Å²) in [5.41, 5.74) is 2.47. The number of carbonyl (C=O) groups excluding carboxylic acids is 2. The number of esters is 1. The molecule has 0 heterocycles. The van der Waals surface area contributed by atoms with Crippen LogP contribution in [0.25, 0.3) is 0 Å². The van der Waals surface area contributed by atoms with Crippen molar-refractivity contribution in [1.29, 1.82) is 0 Å². The van der Waals surface area contributed by atoms with E-state index in [0.29, 0.717) is 5.56 Å². The Kier molecular flexibility index (Phi) is 5.67. The summed E-state index contributed by atoms with van der Waals surface area (Å²) in [6, 6.07) is 11.0. The SMILES string of the molecule is Cc1ccc(C)c(C(=O)[C@@H](C)OC(=O)c2ccc(S(=O)(=O)NC3CC3)cc2)c1. The zero-order valence-electron chi connectivity index (χ0n) is 16.1. The van der Waals surface area contributed by atoms with E-state index in [2.05, 4.69) is 4.72 Å². The predicted molar refractivity (Wildman–Crippen MR) is 105 cm³/mol. The Bertz CT molecular complexity index is 1010. The van der Waals surface area contributed by atoms with Crippen molar-refractivity contribution in [3.8, 4) is 0 Å². The van der Waals surface area contributed by atoms with Crippen LogP contribution in [0.5, 0.6) is 0 Å². The molecular weight excluding hydrogens is 378 g/mol. The number of sulfonamides is 1. The number of carbonyl (C=O) groups is 2. The van der Waals surface area contributed by atoms with Crippen molar-refractivity contribution in [2.24, 2.45) is 0 Å². The molecule has 1 N–H and O–H groups in total. The first-order valence-corrected chi connectivity index (χ1v) is 10.6. The quantitative estimate of drug-likeness (QED) is 0.569. The number of ketones is 1. The number of Topliss-reactive ketones (excluding diaryl/α,β-unsaturated/α-hetero) is 1. The summed E-state index contributed by atoms with van der Waals surface area (Å²) in [6.07, 6.45) is 0.735. The van der Waals surface area contributed by atoms with E-state index in [9.17, 15) is 18.0 Å². The Hall–Kier alpha value is -2.51. The lowest BCUT2D eigenvalue weighted by Crippen LogP contribution is -2.26. The molecule has 0 aliphatic heterocycles. The van der Waals surface area contributed by atoms with Crippen LogP contribution in [-0.4, -0.2) is 32.3 Å². The minimum absolute atomic E-state index is 0.00610. The third-order valence-electron chi connectivity index (χ3n) is 4.61. The van der Waals surface area contributed by atoms with Crippen LogP contribution in [0, 0.1) is 13.8 Å². The molecule has 6 nitrogen and oxygen atoms in total. The minimum Gasteiger partial charge on any atom is -0.451 e. The summed E-state index contributed by atoms with van der Waals surface area (Å²) < 4.78 is 32.2. The highest BCUT2D eigenvalue weighted by atomic mass is 32.2. The molecule has 7 heteroatoms. The fraction of sp³-hybridized carbons (Fsp3) is 0.333. The number of hydrogen-bond donors (Lipinski definition) is 1. The van der Waals surface area contributed by atoms with Gasteiger partial charge in [0.05, 0.1) is 10.5 Å². The summed E-state index contributed by atoms with van der Waals surface area (Å²) in [6.45, 7) is 5.25. The molecule has 0 saturated heterocycles. The fourth-order valence-corrected chi connectivity index (χ4v) is 4.07. The normalized spacial score (nSPS) is 15.1. The van der Waals surface area contributed by atoms with Crippen LogP contribution in [-0.2, 0) is 14.8 Å². The minimum atomic E-state index is -3.58. The van der Waals surface area contributed by atoms with Gasteiger partial charge >= 0.3 is 5.97 Å². The van der Waals surface area contributed by atoms with Crippen LogP contribution in [0.2, 0.25) is 0 Å². The molecule has 2 aromatic carbocycles. The molecule has 0 aromatic heterocycles. The monoisotopic (exact) mass is 401 g/mol. The first-order chi connectivity index (χ1) is 13.2. The van der Waals surface area contributed by atoms with Crippen molar-refractivity contribution in [2.45, 2.75) is 50.7 Å². The van der Waals surface area contributed by atoms with Gasteiger partial charge in [0.2, 0.25) is 15.8 Å². The van der Waals surface area contributed by atoms with Gasteiger partial charge in [-0.3, -0.25) is 4.79 Å². The van der Waals surface area contributed by atoms with E-state index in [-0.39, 0.29) is 22.3 Å². The first-order valence-electron chi connectivity index (χ1n) is 9.12. The van der Waals surface area contributed by atoms with E-state index in [4.69, 9.17) is 4.74 Å². The second-order valence-electron chi connectivity index (χ2n) is 7.15. The largest absolute Gasteiger partial charge is 0.451 e. The third-order valence-corrected chi connectivity index (χ3v) is 6.15. The lowest BCUT2D eigenvalue weighted by Gasteiger charge is -2.14. The van der Waals surface area contributed by atoms with Gasteiger partial charge in [0, 0.05) is 11.6 Å². The van der Waals surface area contributed by atoms with Crippen molar-refractivity contribution in [2.75, 3.05) is 0 Å². The van der Waals surface area contributed by atoms with Crippen molar-refractivity contribution in [3.05, 3.63) is 64.7 Å². The highest BCUT2D eigenvalue weighted by Crippen LogP contribution is 2.22. The molecule has 1 aliphatic carbocycles. The molecule has 0 unspecified atom stereocenters. The van der Waals surface area contributed by atoms with E-state index < -0.39 is 22.1 Å². The number of rotatable bonds is 7. The molecular formula is C21H23NO5S. The molecule has 3 rings (SSSR count). The molecule has 1 aliphatic rings. The molecule has 1 fully saturated rings. The van der Waals surface area contributed by atoms with Crippen molar-refractivity contribution in [3.63, 3.8) is 0 Å². The standard InChI is InChI=1S/C21H23NO5S/c1-13-4-5-14(2)19(12-13)20(23)15(3)27-21(24)16-6-10-18(11-7-16)28(25,26)22-17-8-9-17/h4-7,10-12,15,17,22H,8-9H2,1-3H3/t15-/m1/s1. The van der Waals surface area contributed by atoms with Crippen LogP contribution >= 0.6 is 0 Å². The fourth-order valence-electron chi connectivity index (χ4n) is 2.76. The van der Waals surface area contributed by atoms with E-state index >= 15 is 0 Å². The van der Waals surface area contributed by atoms with E-state index in [1.54, 1.807) is 6.07 Å². The summed E-state index contributed by atoms with van der Waals surface area (Å²) in [5.74, 6) is -0.951. The van der Waals surface area contributed by atoms with Gasteiger partial charge in [0.15, 0.2) is 6.10 Å². The molecule has 28 heavy (non-hydrogen) atoms. The lowest BCUT2D eigenvalue weighted by molar-refractivity contribution is 0.0318. The van der Waals surface area contributed by atoms with Crippen molar-refractivity contribution < 1.29 is 22.7 Å². The molecule has 2 aromatic rings. The van der Waals surface area contributed by atoms with Gasteiger partial charge in [0.1, 0.15) is 0 Å². The van der Waals surface area contributed by atoms with E-state index in [1.807, 2.05) is 26.0 Å². The average molecular weight is 401 g/mol. The average Bonchev–Trinajstić information content (AvgIpc) is 3.46. The molecule has 0 amide bonds. The maximum Gasteiger partial charge on any atom is 0.338 e. The Morgan fingerprint density at radius 1 is 1.07 bits per heavy atom.